The molecule has 4 rings (SSSR count). The highest BCUT2D eigenvalue weighted by molar-refractivity contribution is 6.05. The first-order chi connectivity index (χ1) is 16.9. The Morgan fingerprint density at radius 1 is 1.00 bits per heavy atom. The average Bonchev–Trinajstić information content (AvgIpc) is 3.31. The molecule has 0 fully saturated rings. The van der Waals surface area contributed by atoms with Gasteiger partial charge in [-0.05, 0) is 44.2 Å². The third-order valence-electron chi connectivity index (χ3n) is 5.27. The van der Waals surface area contributed by atoms with Crippen LogP contribution in [0.2, 0.25) is 0 Å². The number of hydrogen-bond donors (Lipinski definition) is 1. The number of rotatable bonds is 7. The lowest BCUT2D eigenvalue weighted by atomic mass is 10.1. The highest BCUT2D eigenvalue weighted by atomic mass is 16.5. The van der Waals surface area contributed by atoms with E-state index in [-0.39, 0.29) is 11.6 Å². The molecule has 0 radical (unpaired) electrons. The molecule has 9 nitrogen and oxygen atoms in total. The van der Waals surface area contributed by atoms with Crippen molar-refractivity contribution in [2.45, 2.75) is 19.9 Å². The molecule has 0 aliphatic rings. The number of esters is 2. The van der Waals surface area contributed by atoms with Crippen LogP contribution in [0.15, 0.2) is 66.9 Å². The fraction of sp³-hybridized carbons (Fsp3) is 0.192. The number of hydrogen-bond acceptors (Lipinski definition) is 7. The van der Waals surface area contributed by atoms with Gasteiger partial charge in [0, 0.05) is 17.3 Å². The van der Waals surface area contributed by atoms with E-state index in [0.717, 1.165) is 5.56 Å². The maximum Gasteiger partial charge on any atom is 0.339 e. The molecule has 0 bridgehead atoms. The third kappa shape index (κ3) is 5.19. The maximum atomic E-state index is 13.0. The van der Waals surface area contributed by atoms with Crippen molar-refractivity contribution in [3.05, 3.63) is 78.0 Å². The summed E-state index contributed by atoms with van der Waals surface area (Å²) in [5.41, 5.74) is 3.08. The highest BCUT2D eigenvalue weighted by Gasteiger charge is 2.20. The van der Waals surface area contributed by atoms with Crippen molar-refractivity contribution >= 4 is 34.6 Å². The van der Waals surface area contributed by atoms with Gasteiger partial charge in [-0.3, -0.25) is 4.79 Å². The number of aromatic nitrogens is 3. The van der Waals surface area contributed by atoms with Crippen LogP contribution in [0.4, 0.5) is 5.69 Å². The predicted molar refractivity (Wildman–Crippen MR) is 130 cm³/mol. The number of amides is 1. The van der Waals surface area contributed by atoms with Crippen LogP contribution in [0.1, 0.15) is 40.6 Å². The lowest BCUT2D eigenvalue weighted by molar-refractivity contribution is -0.119. The lowest BCUT2D eigenvalue weighted by Gasteiger charge is -2.11. The Morgan fingerprint density at radius 2 is 1.71 bits per heavy atom. The largest absolute Gasteiger partial charge is 0.465 e. The Balaban J connectivity index is 1.53. The second-order valence-corrected chi connectivity index (χ2v) is 8.03. The fourth-order valence-corrected chi connectivity index (χ4v) is 3.54. The highest BCUT2D eigenvalue weighted by Crippen LogP contribution is 2.27. The van der Waals surface area contributed by atoms with E-state index in [1.165, 1.54) is 19.2 Å². The van der Waals surface area contributed by atoms with Crippen molar-refractivity contribution in [3.63, 3.8) is 0 Å². The van der Waals surface area contributed by atoms with E-state index >= 15 is 0 Å². The van der Waals surface area contributed by atoms with Crippen molar-refractivity contribution in [2.24, 2.45) is 0 Å². The number of carbonyl (C=O) groups is 3. The van der Waals surface area contributed by atoms with Crippen molar-refractivity contribution in [1.29, 1.82) is 0 Å². The molecule has 0 atom stereocenters. The molecule has 1 N–H and O–H groups in total. The zero-order valence-corrected chi connectivity index (χ0v) is 19.5. The van der Waals surface area contributed by atoms with Crippen LogP contribution < -0.4 is 5.32 Å². The normalized spacial score (nSPS) is 10.9. The molecule has 0 saturated carbocycles. The standard InChI is InChI=1S/C26H24N4O5/c1-16(2)30-24-21(14-27-30)20(13-22(29-24)17-7-5-4-6-8-17)26(33)35-15-23(31)28-19-11-9-18(10-12-19)25(32)34-3/h4-14,16H,15H2,1-3H3,(H,28,31). The van der Waals surface area contributed by atoms with Crippen molar-refractivity contribution in [2.75, 3.05) is 19.0 Å². The summed E-state index contributed by atoms with van der Waals surface area (Å²) in [6, 6.07) is 17.3. The predicted octanol–water partition coefficient (Wildman–Crippen LogP) is 4.26. The summed E-state index contributed by atoms with van der Waals surface area (Å²) in [6.45, 7) is 3.47. The maximum absolute atomic E-state index is 13.0. The van der Waals surface area contributed by atoms with Crippen molar-refractivity contribution in [3.8, 4) is 11.3 Å². The Bertz CT molecular complexity index is 1380. The second kappa shape index (κ2) is 10.2. The number of nitrogens with zero attached hydrogens (tertiary/aromatic N) is 3. The zero-order valence-electron chi connectivity index (χ0n) is 19.5. The number of fused-ring (bicyclic) bond motifs is 1. The van der Waals surface area contributed by atoms with Gasteiger partial charge >= 0.3 is 11.9 Å². The first-order valence-electron chi connectivity index (χ1n) is 11.0. The summed E-state index contributed by atoms with van der Waals surface area (Å²) < 4.78 is 11.7. The van der Waals surface area contributed by atoms with Crippen LogP contribution in [0.25, 0.3) is 22.3 Å². The molecule has 1 amide bonds. The lowest BCUT2D eigenvalue weighted by Crippen LogP contribution is -2.21. The Hall–Kier alpha value is -4.53. The summed E-state index contributed by atoms with van der Waals surface area (Å²) in [5.74, 6) is -1.65. The average molecular weight is 473 g/mol. The minimum Gasteiger partial charge on any atom is -0.465 e. The Labute approximate surface area is 201 Å². The molecular weight excluding hydrogens is 448 g/mol. The van der Waals surface area contributed by atoms with Gasteiger partial charge in [-0.25, -0.2) is 19.3 Å². The summed E-state index contributed by atoms with van der Waals surface area (Å²) in [6.07, 6.45) is 1.58. The van der Waals surface area contributed by atoms with E-state index in [0.29, 0.717) is 28.0 Å². The first-order valence-corrected chi connectivity index (χ1v) is 11.0. The van der Waals surface area contributed by atoms with E-state index in [2.05, 4.69) is 15.2 Å². The molecule has 0 aliphatic carbocycles. The van der Waals surface area contributed by atoms with E-state index in [1.807, 2.05) is 44.2 Å². The van der Waals surface area contributed by atoms with Crippen LogP contribution in [0.3, 0.4) is 0 Å². The van der Waals surface area contributed by atoms with Gasteiger partial charge in [-0.15, -0.1) is 0 Å². The van der Waals surface area contributed by atoms with Gasteiger partial charge in [0.05, 0.1) is 35.5 Å². The number of benzene rings is 2. The number of nitrogens with one attached hydrogen (secondary N) is 1. The van der Waals surface area contributed by atoms with Gasteiger partial charge in [0.1, 0.15) is 0 Å². The molecule has 2 aromatic heterocycles. The van der Waals surface area contributed by atoms with Crippen molar-refractivity contribution < 1.29 is 23.9 Å². The first kappa shape index (κ1) is 23.6. The fourth-order valence-electron chi connectivity index (χ4n) is 3.54. The smallest absolute Gasteiger partial charge is 0.339 e. The van der Waals surface area contributed by atoms with Crippen LogP contribution in [0, 0.1) is 0 Å². The van der Waals surface area contributed by atoms with Gasteiger partial charge in [-0.1, -0.05) is 30.3 Å². The molecule has 35 heavy (non-hydrogen) atoms. The summed E-state index contributed by atoms with van der Waals surface area (Å²) in [4.78, 5) is 41.6. The molecule has 0 saturated heterocycles. The number of pyridine rings is 1. The molecule has 2 heterocycles. The molecule has 0 spiro atoms. The number of methoxy groups -OCH3 is 1. The molecule has 0 aliphatic heterocycles. The topological polar surface area (TPSA) is 112 Å². The summed E-state index contributed by atoms with van der Waals surface area (Å²) in [7, 11) is 1.29. The van der Waals surface area contributed by atoms with Gasteiger partial charge < -0.3 is 14.8 Å². The van der Waals surface area contributed by atoms with Gasteiger partial charge in [0.25, 0.3) is 5.91 Å². The number of anilines is 1. The monoisotopic (exact) mass is 472 g/mol. The van der Waals surface area contributed by atoms with Gasteiger partial charge in [-0.2, -0.15) is 5.10 Å². The number of carbonyl (C=O) groups excluding carboxylic acids is 3. The van der Waals surface area contributed by atoms with Gasteiger partial charge in [0.15, 0.2) is 12.3 Å². The van der Waals surface area contributed by atoms with Gasteiger partial charge in [0.2, 0.25) is 0 Å². The summed E-state index contributed by atoms with van der Waals surface area (Å²) >= 11 is 0. The van der Waals surface area contributed by atoms with Crippen LogP contribution >= 0.6 is 0 Å². The minimum atomic E-state index is -0.658. The molecule has 4 aromatic rings. The quantitative estimate of drug-likeness (QED) is 0.400. The summed E-state index contributed by atoms with van der Waals surface area (Å²) in [5, 5.41) is 7.56. The zero-order chi connectivity index (χ0) is 24.9. The molecule has 0 unspecified atom stereocenters. The van der Waals surface area contributed by atoms with Crippen LogP contribution in [0.5, 0.6) is 0 Å². The van der Waals surface area contributed by atoms with E-state index < -0.39 is 24.5 Å². The van der Waals surface area contributed by atoms with Crippen LogP contribution in [-0.4, -0.2) is 46.3 Å². The molecule has 9 heteroatoms. The van der Waals surface area contributed by atoms with E-state index in [4.69, 9.17) is 9.72 Å². The molecular formula is C26H24N4O5. The molecule has 2 aromatic carbocycles. The Kier molecular flexibility index (Phi) is 6.86. The van der Waals surface area contributed by atoms with E-state index in [9.17, 15) is 14.4 Å². The van der Waals surface area contributed by atoms with E-state index in [1.54, 1.807) is 29.1 Å². The second-order valence-electron chi connectivity index (χ2n) is 8.03. The third-order valence-corrected chi connectivity index (χ3v) is 5.27. The number of ether oxygens (including phenoxy) is 2. The SMILES string of the molecule is COC(=O)c1ccc(NC(=O)COC(=O)c2cc(-c3ccccc3)nc3c2cnn3C(C)C)cc1. The van der Waals surface area contributed by atoms with Crippen LogP contribution in [-0.2, 0) is 14.3 Å². The molecule has 178 valence electrons. The van der Waals surface area contributed by atoms with Crippen molar-refractivity contribution in [1.82, 2.24) is 14.8 Å². The minimum absolute atomic E-state index is 0.0336. The Morgan fingerprint density at radius 3 is 2.37 bits per heavy atom.